The van der Waals surface area contributed by atoms with Gasteiger partial charge in [-0.15, -0.1) is 0 Å². The van der Waals surface area contributed by atoms with Crippen molar-refractivity contribution in [1.29, 1.82) is 0 Å². The number of aromatic amines is 1. The summed E-state index contributed by atoms with van der Waals surface area (Å²) < 4.78 is 0. The van der Waals surface area contributed by atoms with Crippen molar-refractivity contribution in [2.75, 3.05) is 6.54 Å². The molecule has 3 aromatic carbocycles. The van der Waals surface area contributed by atoms with E-state index < -0.39 is 0 Å². The standard InChI is InChI=1S/C24H22N2/c1-16-8-7-11-18(14-16)23-24-22(19-12-5-6-13-21(19)26-24)20(15-25-23)17-9-3-2-4-10-17/h2-14,20,23,25-26H,15H2,1H3. The fourth-order valence-corrected chi connectivity index (χ4v) is 4.33. The second kappa shape index (κ2) is 6.15. The summed E-state index contributed by atoms with van der Waals surface area (Å²) >= 11 is 0. The molecule has 2 N–H and O–H groups in total. The lowest BCUT2D eigenvalue weighted by atomic mass is 9.83. The third-order valence-corrected chi connectivity index (χ3v) is 5.52. The summed E-state index contributed by atoms with van der Waals surface area (Å²) in [5.74, 6) is 0.364. The number of rotatable bonds is 2. The van der Waals surface area contributed by atoms with E-state index in [0.717, 1.165) is 6.54 Å². The highest BCUT2D eigenvalue weighted by atomic mass is 15.0. The molecule has 0 fully saturated rings. The molecule has 2 heterocycles. The van der Waals surface area contributed by atoms with E-state index in [-0.39, 0.29) is 6.04 Å². The van der Waals surface area contributed by atoms with Gasteiger partial charge < -0.3 is 10.3 Å². The van der Waals surface area contributed by atoms with E-state index in [0.29, 0.717) is 5.92 Å². The van der Waals surface area contributed by atoms with Crippen molar-refractivity contribution >= 4 is 10.9 Å². The Bertz CT molecular complexity index is 1060. The van der Waals surface area contributed by atoms with Gasteiger partial charge in [0.25, 0.3) is 0 Å². The molecule has 2 unspecified atom stereocenters. The molecule has 128 valence electrons. The Morgan fingerprint density at radius 2 is 1.58 bits per heavy atom. The number of benzene rings is 3. The quantitative estimate of drug-likeness (QED) is 0.510. The second-order valence-corrected chi connectivity index (χ2v) is 7.22. The fraction of sp³-hybridized carbons (Fsp3) is 0.167. The zero-order valence-corrected chi connectivity index (χ0v) is 14.9. The third kappa shape index (κ3) is 2.46. The van der Waals surface area contributed by atoms with E-state index in [1.54, 1.807) is 0 Å². The van der Waals surface area contributed by atoms with Gasteiger partial charge in [-0.25, -0.2) is 0 Å². The summed E-state index contributed by atoms with van der Waals surface area (Å²) in [5, 5.41) is 5.14. The molecule has 0 bridgehead atoms. The molecule has 0 aliphatic carbocycles. The SMILES string of the molecule is Cc1cccc(C2NCC(c3ccccc3)c3c2[nH]c2ccccc32)c1. The van der Waals surface area contributed by atoms with Crippen molar-refractivity contribution in [2.24, 2.45) is 0 Å². The van der Waals surface area contributed by atoms with Gasteiger partial charge >= 0.3 is 0 Å². The van der Waals surface area contributed by atoms with Crippen LogP contribution in [0.15, 0.2) is 78.9 Å². The van der Waals surface area contributed by atoms with Crippen molar-refractivity contribution < 1.29 is 0 Å². The van der Waals surface area contributed by atoms with Crippen LogP contribution in [0.4, 0.5) is 0 Å². The zero-order valence-electron chi connectivity index (χ0n) is 14.9. The first-order valence-electron chi connectivity index (χ1n) is 9.26. The maximum atomic E-state index is 3.80. The van der Waals surface area contributed by atoms with Crippen LogP contribution in [-0.2, 0) is 0 Å². The van der Waals surface area contributed by atoms with E-state index in [9.17, 15) is 0 Å². The molecule has 2 heteroatoms. The Kier molecular flexibility index (Phi) is 3.65. The molecule has 1 aliphatic heterocycles. The predicted molar refractivity (Wildman–Crippen MR) is 108 cm³/mol. The maximum Gasteiger partial charge on any atom is 0.0732 e. The molecular weight excluding hydrogens is 316 g/mol. The monoisotopic (exact) mass is 338 g/mol. The summed E-state index contributed by atoms with van der Waals surface area (Å²) in [6, 6.07) is 28.6. The Morgan fingerprint density at radius 3 is 2.42 bits per heavy atom. The van der Waals surface area contributed by atoms with E-state index >= 15 is 0 Å². The Hall–Kier alpha value is -2.84. The van der Waals surface area contributed by atoms with Gasteiger partial charge in [-0.3, -0.25) is 0 Å². The van der Waals surface area contributed by atoms with Crippen LogP contribution >= 0.6 is 0 Å². The fourth-order valence-electron chi connectivity index (χ4n) is 4.33. The van der Waals surface area contributed by atoms with Crippen LogP contribution < -0.4 is 5.32 Å². The van der Waals surface area contributed by atoms with Gasteiger partial charge in [-0.1, -0.05) is 78.4 Å². The van der Waals surface area contributed by atoms with Crippen LogP contribution in [0.25, 0.3) is 10.9 Å². The minimum Gasteiger partial charge on any atom is -0.357 e. The topological polar surface area (TPSA) is 27.8 Å². The molecule has 1 aromatic heterocycles. The number of H-pyrrole nitrogens is 1. The van der Waals surface area contributed by atoms with Gasteiger partial charge in [-0.05, 0) is 29.7 Å². The lowest BCUT2D eigenvalue weighted by Crippen LogP contribution is -2.34. The normalized spacial score (nSPS) is 19.4. The number of aryl methyl sites for hydroxylation is 1. The number of hydrogen-bond donors (Lipinski definition) is 2. The highest BCUT2D eigenvalue weighted by Gasteiger charge is 2.32. The summed E-state index contributed by atoms with van der Waals surface area (Å²) in [6.45, 7) is 3.10. The summed E-state index contributed by atoms with van der Waals surface area (Å²) in [5.41, 5.74) is 7.96. The molecule has 0 saturated carbocycles. The number of nitrogens with one attached hydrogen (secondary N) is 2. The van der Waals surface area contributed by atoms with Crippen molar-refractivity contribution in [1.82, 2.24) is 10.3 Å². The molecule has 0 amide bonds. The lowest BCUT2D eigenvalue weighted by Gasteiger charge is -2.31. The smallest absolute Gasteiger partial charge is 0.0732 e. The molecule has 0 radical (unpaired) electrons. The molecule has 0 saturated heterocycles. The number of aromatic nitrogens is 1. The largest absolute Gasteiger partial charge is 0.357 e. The van der Waals surface area contributed by atoms with Crippen LogP contribution in [0.3, 0.4) is 0 Å². The van der Waals surface area contributed by atoms with Gasteiger partial charge in [0.2, 0.25) is 0 Å². The average Bonchev–Trinajstić information content (AvgIpc) is 3.07. The Balaban J connectivity index is 1.72. The Morgan fingerprint density at radius 1 is 0.808 bits per heavy atom. The summed E-state index contributed by atoms with van der Waals surface area (Å²) in [7, 11) is 0. The summed E-state index contributed by atoms with van der Waals surface area (Å²) in [6.07, 6.45) is 0. The van der Waals surface area contributed by atoms with Crippen LogP contribution in [0.2, 0.25) is 0 Å². The van der Waals surface area contributed by atoms with Crippen LogP contribution in [0, 0.1) is 6.92 Å². The molecule has 2 nitrogen and oxygen atoms in total. The first-order valence-corrected chi connectivity index (χ1v) is 9.26. The summed E-state index contributed by atoms with van der Waals surface area (Å²) in [4.78, 5) is 3.72. The van der Waals surface area contributed by atoms with Crippen LogP contribution in [0.1, 0.15) is 39.9 Å². The van der Waals surface area contributed by atoms with E-state index in [1.165, 1.54) is 38.9 Å². The predicted octanol–water partition coefficient (Wildman–Crippen LogP) is 5.30. The molecule has 1 aliphatic rings. The number of hydrogen-bond acceptors (Lipinski definition) is 1. The highest BCUT2D eigenvalue weighted by molar-refractivity contribution is 5.86. The minimum absolute atomic E-state index is 0.206. The second-order valence-electron chi connectivity index (χ2n) is 7.22. The molecule has 26 heavy (non-hydrogen) atoms. The highest BCUT2D eigenvalue weighted by Crippen LogP contribution is 2.41. The molecule has 0 spiro atoms. The molecule has 2 atom stereocenters. The van der Waals surface area contributed by atoms with Gasteiger partial charge in [-0.2, -0.15) is 0 Å². The molecule has 5 rings (SSSR count). The van der Waals surface area contributed by atoms with Gasteiger partial charge in [0, 0.05) is 29.1 Å². The Labute approximate surface area is 153 Å². The zero-order chi connectivity index (χ0) is 17.5. The van der Waals surface area contributed by atoms with E-state index in [4.69, 9.17) is 0 Å². The van der Waals surface area contributed by atoms with E-state index in [1.807, 2.05) is 0 Å². The van der Waals surface area contributed by atoms with Crippen LogP contribution in [0.5, 0.6) is 0 Å². The van der Waals surface area contributed by atoms with Crippen molar-refractivity contribution in [3.63, 3.8) is 0 Å². The minimum atomic E-state index is 0.206. The van der Waals surface area contributed by atoms with E-state index in [2.05, 4.69) is 96.1 Å². The maximum absolute atomic E-state index is 3.80. The van der Waals surface area contributed by atoms with Crippen molar-refractivity contribution in [3.8, 4) is 0 Å². The average molecular weight is 338 g/mol. The molecular formula is C24H22N2. The van der Waals surface area contributed by atoms with Crippen molar-refractivity contribution in [3.05, 3.63) is 107 Å². The first kappa shape index (κ1) is 15.4. The van der Waals surface area contributed by atoms with Gasteiger partial charge in [0.05, 0.1) is 6.04 Å². The van der Waals surface area contributed by atoms with Gasteiger partial charge in [0.15, 0.2) is 0 Å². The number of para-hydroxylation sites is 1. The third-order valence-electron chi connectivity index (χ3n) is 5.52. The van der Waals surface area contributed by atoms with Gasteiger partial charge in [0.1, 0.15) is 0 Å². The molecule has 4 aromatic rings. The first-order chi connectivity index (χ1) is 12.8. The van der Waals surface area contributed by atoms with Crippen LogP contribution in [-0.4, -0.2) is 11.5 Å². The lowest BCUT2D eigenvalue weighted by molar-refractivity contribution is 0.525. The number of fused-ring (bicyclic) bond motifs is 3. The van der Waals surface area contributed by atoms with Crippen molar-refractivity contribution in [2.45, 2.75) is 18.9 Å².